The molecule has 0 bridgehead atoms. The third-order valence-corrected chi connectivity index (χ3v) is 4.18. The van der Waals surface area contributed by atoms with Gasteiger partial charge in [-0.25, -0.2) is 0 Å². The number of nitrogens with one attached hydrogen (secondary N) is 1. The smallest absolute Gasteiger partial charge is 0.274 e. The number of amides is 2. The maximum absolute atomic E-state index is 12.7. The molecule has 0 saturated carbocycles. The lowest BCUT2D eigenvalue weighted by molar-refractivity contribution is -0.121. The van der Waals surface area contributed by atoms with Crippen molar-refractivity contribution in [2.75, 3.05) is 13.6 Å². The average molecular weight is 315 g/mol. The van der Waals surface area contributed by atoms with Crippen molar-refractivity contribution in [2.24, 2.45) is 13.0 Å². The minimum Gasteiger partial charge on any atom is -0.359 e. The molecule has 2 aromatic rings. The van der Waals surface area contributed by atoms with Crippen LogP contribution in [0.15, 0.2) is 30.6 Å². The molecule has 1 unspecified atom stereocenters. The van der Waals surface area contributed by atoms with Gasteiger partial charge < -0.3 is 14.8 Å². The molecule has 7 heteroatoms. The molecule has 1 N–H and O–H groups in total. The van der Waals surface area contributed by atoms with Crippen molar-refractivity contribution in [1.29, 1.82) is 0 Å². The molecule has 3 heterocycles. The zero-order valence-corrected chi connectivity index (χ0v) is 13.4. The molecule has 2 amide bonds. The number of carbonyl (C=O) groups is 2. The number of aromatic nitrogens is 3. The Hall–Kier alpha value is -2.57. The maximum Gasteiger partial charge on any atom is 0.274 e. The molecule has 0 aromatic carbocycles. The van der Waals surface area contributed by atoms with E-state index in [1.807, 2.05) is 18.3 Å². The van der Waals surface area contributed by atoms with Crippen LogP contribution in [0.25, 0.3) is 0 Å². The summed E-state index contributed by atoms with van der Waals surface area (Å²) in [5.74, 6) is -0.0192. The van der Waals surface area contributed by atoms with Crippen LogP contribution >= 0.6 is 0 Å². The summed E-state index contributed by atoms with van der Waals surface area (Å²) in [4.78, 5) is 26.3. The van der Waals surface area contributed by atoms with E-state index in [0.717, 1.165) is 12.2 Å². The summed E-state index contributed by atoms with van der Waals surface area (Å²) in [6.45, 7) is 1.82. The summed E-state index contributed by atoms with van der Waals surface area (Å²) in [7, 11) is 3.43. The first-order valence-corrected chi connectivity index (χ1v) is 7.70. The SMILES string of the molecule is CNC(=O)CC1CN(C(=O)c2ccn(C)n2)Cc2cccn2C1. The molecule has 1 aliphatic heterocycles. The first-order valence-electron chi connectivity index (χ1n) is 7.70. The van der Waals surface area contributed by atoms with E-state index in [0.29, 0.717) is 25.2 Å². The molecule has 7 nitrogen and oxygen atoms in total. The second kappa shape index (κ2) is 6.28. The van der Waals surface area contributed by atoms with Gasteiger partial charge in [-0.2, -0.15) is 5.10 Å². The Morgan fingerprint density at radius 2 is 2.13 bits per heavy atom. The van der Waals surface area contributed by atoms with Crippen molar-refractivity contribution in [2.45, 2.75) is 19.5 Å². The quantitative estimate of drug-likeness (QED) is 0.903. The summed E-state index contributed by atoms with van der Waals surface area (Å²) in [5, 5.41) is 6.86. The number of hydrogen-bond acceptors (Lipinski definition) is 3. The van der Waals surface area contributed by atoms with Gasteiger partial charge in [0.1, 0.15) is 5.69 Å². The monoisotopic (exact) mass is 315 g/mol. The van der Waals surface area contributed by atoms with Crippen molar-refractivity contribution in [3.8, 4) is 0 Å². The normalized spacial score (nSPS) is 17.5. The number of aryl methyl sites for hydroxylation is 1. The van der Waals surface area contributed by atoms with Crippen molar-refractivity contribution < 1.29 is 9.59 Å². The molecule has 0 fully saturated rings. The zero-order chi connectivity index (χ0) is 16.4. The van der Waals surface area contributed by atoms with E-state index < -0.39 is 0 Å². The highest BCUT2D eigenvalue weighted by atomic mass is 16.2. The van der Waals surface area contributed by atoms with Gasteiger partial charge in [0.05, 0.1) is 6.54 Å². The Labute approximate surface area is 134 Å². The maximum atomic E-state index is 12.7. The van der Waals surface area contributed by atoms with E-state index in [-0.39, 0.29) is 17.7 Å². The van der Waals surface area contributed by atoms with Gasteiger partial charge in [-0.3, -0.25) is 14.3 Å². The van der Waals surface area contributed by atoms with Gasteiger partial charge in [0.25, 0.3) is 5.91 Å². The summed E-state index contributed by atoms with van der Waals surface area (Å²) in [6, 6.07) is 5.71. The lowest BCUT2D eigenvalue weighted by Crippen LogP contribution is -2.36. The second-order valence-electron chi connectivity index (χ2n) is 5.96. The van der Waals surface area contributed by atoms with Gasteiger partial charge in [-0.05, 0) is 18.2 Å². The summed E-state index contributed by atoms with van der Waals surface area (Å²) in [5.41, 5.74) is 1.51. The molecule has 0 aliphatic carbocycles. The van der Waals surface area contributed by atoms with Crippen LogP contribution in [0.4, 0.5) is 0 Å². The lowest BCUT2D eigenvalue weighted by Gasteiger charge is -2.23. The zero-order valence-electron chi connectivity index (χ0n) is 13.4. The fourth-order valence-electron chi connectivity index (χ4n) is 3.02. The van der Waals surface area contributed by atoms with Gasteiger partial charge in [0, 0.05) is 57.6 Å². The predicted octanol–water partition coefficient (Wildman–Crippen LogP) is 0.630. The molecule has 23 heavy (non-hydrogen) atoms. The fraction of sp³-hybridized carbons (Fsp3) is 0.438. The first kappa shape index (κ1) is 15.3. The van der Waals surface area contributed by atoms with Crippen LogP contribution in [0.2, 0.25) is 0 Å². The van der Waals surface area contributed by atoms with E-state index in [1.54, 1.807) is 35.9 Å². The Kier molecular flexibility index (Phi) is 4.18. The average Bonchev–Trinajstić information content (AvgIpc) is 3.11. The molecule has 2 aromatic heterocycles. The van der Waals surface area contributed by atoms with Gasteiger partial charge in [0.2, 0.25) is 5.91 Å². The summed E-state index contributed by atoms with van der Waals surface area (Å²) < 4.78 is 3.75. The minimum absolute atomic E-state index is 0.00385. The molecule has 0 saturated heterocycles. The third-order valence-electron chi connectivity index (χ3n) is 4.18. The predicted molar refractivity (Wildman–Crippen MR) is 84.6 cm³/mol. The van der Waals surface area contributed by atoms with Crippen LogP contribution in [-0.4, -0.2) is 44.7 Å². The van der Waals surface area contributed by atoms with Gasteiger partial charge in [-0.1, -0.05) is 0 Å². The number of nitrogens with zero attached hydrogens (tertiary/aromatic N) is 4. The van der Waals surface area contributed by atoms with Crippen LogP contribution in [0, 0.1) is 5.92 Å². The highest BCUT2D eigenvalue weighted by molar-refractivity contribution is 5.92. The molecular weight excluding hydrogens is 294 g/mol. The van der Waals surface area contributed by atoms with Crippen molar-refractivity contribution in [1.82, 2.24) is 24.6 Å². The Morgan fingerprint density at radius 1 is 1.30 bits per heavy atom. The van der Waals surface area contributed by atoms with E-state index in [4.69, 9.17) is 0 Å². The van der Waals surface area contributed by atoms with Crippen LogP contribution in [0.5, 0.6) is 0 Å². The van der Waals surface area contributed by atoms with E-state index in [1.165, 1.54) is 0 Å². The number of carbonyl (C=O) groups excluding carboxylic acids is 2. The Morgan fingerprint density at radius 3 is 2.83 bits per heavy atom. The highest BCUT2D eigenvalue weighted by Crippen LogP contribution is 2.21. The topological polar surface area (TPSA) is 72.2 Å². The van der Waals surface area contributed by atoms with Gasteiger partial charge in [-0.15, -0.1) is 0 Å². The molecular formula is C16H21N5O2. The third kappa shape index (κ3) is 3.28. The highest BCUT2D eigenvalue weighted by Gasteiger charge is 2.27. The molecule has 0 spiro atoms. The van der Waals surface area contributed by atoms with Crippen LogP contribution in [-0.2, 0) is 24.9 Å². The van der Waals surface area contributed by atoms with Crippen molar-refractivity contribution >= 4 is 11.8 Å². The molecule has 1 atom stereocenters. The van der Waals surface area contributed by atoms with Crippen LogP contribution < -0.4 is 5.32 Å². The van der Waals surface area contributed by atoms with E-state index in [2.05, 4.69) is 15.0 Å². The summed E-state index contributed by atoms with van der Waals surface area (Å²) in [6.07, 6.45) is 4.16. The molecule has 3 rings (SSSR count). The molecule has 122 valence electrons. The summed E-state index contributed by atoms with van der Waals surface area (Å²) >= 11 is 0. The van der Waals surface area contributed by atoms with E-state index >= 15 is 0 Å². The van der Waals surface area contributed by atoms with Gasteiger partial charge >= 0.3 is 0 Å². The molecule has 1 aliphatic rings. The first-order chi connectivity index (χ1) is 11.1. The van der Waals surface area contributed by atoms with Crippen molar-refractivity contribution in [3.05, 3.63) is 42.0 Å². The minimum atomic E-state index is -0.0952. The van der Waals surface area contributed by atoms with Crippen LogP contribution in [0.1, 0.15) is 22.6 Å². The fourth-order valence-corrected chi connectivity index (χ4v) is 3.02. The van der Waals surface area contributed by atoms with Gasteiger partial charge in [0.15, 0.2) is 0 Å². The van der Waals surface area contributed by atoms with Crippen molar-refractivity contribution in [3.63, 3.8) is 0 Å². The lowest BCUT2D eigenvalue weighted by atomic mass is 10.0. The number of fused-ring (bicyclic) bond motifs is 1. The largest absolute Gasteiger partial charge is 0.359 e. The Bertz CT molecular complexity index is 718. The Balaban J connectivity index is 1.84. The van der Waals surface area contributed by atoms with E-state index in [9.17, 15) is 9.59 Å². The number of hydrogen-bond donors (Lipinski definition) is 1. The number of rotatable bonds is 3. The standard InChI is InChI=1S/C16H21N5O2/c1-17-15(22)8-12-9-20-6-3-4-13(20)11-21(10-12)16(23)14-5-7-19(2)18-14/h3-7,12H,8-11H2,1-2H3,(H,17,22). The second-order valence-corrected chi connectivity index (χ2v) is 5.96. The van der Waals surface area contributed by atoms with Crippen LogP contribution in [0.3, 0.4) is 0 Å². The molecule has 0 radical (unpaired) electrons.